The lowest BCUT2D eigenvalue weighted by molar-refractivity contribution is -0.387. The number of carbonyl (C=O) groups is 1. The minimum absolute atomic E-state index is 0.0810. The van der Waals surface area contributed by atoms with Crippen molar-refractivity contribution in [1.29, 1.82) is 0 Å². The zero-order valence-electron chi connectivity index (χ0n) is 26.5. The second kappa shape index (κ2) is 14.0. The van der Waals surface area contributed by atoms with Gasteiger partial charge in [0.05, 0.1) is 28.9 Å². The Labute approximate surface area is 284 Å². The van der Waals surface area contributed by atoms with Crippen molar-refractivity contribution in [2.24, 2.45) is 0 Å². The molecule has 264 valence electrons. The Kier molecular flexibility index (Phi) is 9.68. The third-order valence-corrected chi connectivity index (χ3v) is 10.1. The molecule has 0 saturated carbocycles. The predicted octanol–water partition coefficient (Wildman–Crippen LogP) is 5.51. The van der Waals surface area contributed by atoms with Gasteiger partial charge in [0.15, 0.2) is 22.1 Å². The number of hydrogen-bond acceptors (Lipinski definition) is 11. The molecular weight excluding hydrogens is 685 g/mol. The Balaban J connectivity index is 1.25. The summed E-state index contributed by atoms with van der Waals surface area (Å²) < 4.78 is 83.2. The van der Waals surface area contributed by atoms with Crippen LogP contribution in [0.2, 0.25) is 0 Å². The normalized spacial score (nSPS) is 17.0. The number of para-hydroxylation sites is 3. The average Bonchev–Trinajstić information content (AvgIpc) is 3.49. The van der Waals surface area contributed by atoms with E-state index in [1.54, 1.807) is 19.1 Å². The SMILES string of the molecule is CCOC(=O)c1c2c(nn1-c1ccc(Oc3ccccc3OC(F)(F)F)cc1)[C@@H](N1CCN(S(=O)(=O)c3ccccc3[N+](=O)[O-])CC1)CCN2. The number of esters is 1. The fraction of sp³-hybridized carbons (Fsp3) is 0.312. The molecule has 0 radical (unpaired) electrons. The molecule has 18 heteroatoms. The molecule has 1 N–H and O–H groups in total. The number of benzene rings is 3. The second-order valence-electron chi connectivity index (χ2n) is 11.2. The van der Waals surface area contributed by atoms with Crippen LogP contribution in [-0.2, 0) is 14.8 Å². The van der Waals surface area contributed by atoms with Gasteiger partial charge in [-0.2, -0.15) is 9.40 Å². The molecule has 0 unspecified atom stereocenters. The molecule has 1 saturated heterocycles. The minimum Gasteiger partial charge on any atom is -0.461 e. The zero-order chi connectivity index (χ0) is 35.6. The van der Waals surface area contributed by atoms with Crippen molar-refractivity contribution in [1.82, 2.24) is 19.0 Å². The highest BCUT2D eigenvalue weighted by Gasteiger charge is 2.39. The number of alkyl halides is 3. The van der Waals surface area contributed by atoms with E-state index >= 15 is 0 Å². The van der Waals surface area contributed by atoms with Crippen molar-refractivity contribution in [3.05, 3.63) is 94.3 Å². The highest BCUT2D eigenvalue weighted by atomic mass is 32.2. The lowest BCUT2D eigenvalue weighted by Crippen LogP contribution is -2.50. The van der Waals surface area contributed by atoms with Crippen LogP contribution in [0.5, 0.6) is 17.2 Å². The number of carbonyl (C=O) groups excluding carboxylic acids is 1. The first kappa shape index (κ1) is 34.7. The molecule has 4 aromatic rings. The summed E-state index contributed by atoms with van der Waals surface area (Å²) in [5.41, 5.74) is 1.10. The van der Waals surface area contributed by atoms with Crippen LogP contribution in [0.3, 0.4) is 0 Å². The number of nitrogens with one attached hydrogen (secondary N) is 1. The van der Waals surface area contributed by atoms with E-state index in [2.05, 4.69) is 15.0 Å². The Morgan fingerprint density at radius 1 is 1.00 bits per heavy atom. The Morgan fingerprint density at radius 3 is 2.32 bits per heavy atom. The van der Waals surface area contributed by atoms with Gasteiger partial charge >= 0.3 is 12.3 Å². The van der Waals surface area contributed by atoms with Crippen molar-refractivity contribution in [3.63, 3.8) is 0 Å². The monoisotopic (exact) mass is 716 g/mol. The molecule has 2 aliphatic rings. The summed E-state index contributed by atoms with van der Waals surface area (Å²) in [5, 5.41) is 19.6. The van der Waals surface area contributed by atoms with E-state index < -0.39 is 38.7 Å². The first-order chi connectivity index (χ1) is 23.9. The smallest absolute Gasteiger partial charge is 0.461 e. The average molecular weight is 717 g/mol. The highest BCUT2D eigenvalue weighted by molar-refractivity contribution is 7.89. The van der Waals surface area contributed by atoms with Gasteiger partial charge in [0.25, 0.3) is 5.69 Å². The van der Waals surface area contributed by atoms with Gasteiger partial charge in [0.2, 0.25) is 10.0 Å². The van der Waals surface area contributed by atoms with Gasteiger partial charge in [-0.25, -0.2) is 17.9 Å². The van der Waals surface area contributed by atoms with E-state index in [0.29, 0.717) is 43.1 Å². The van der Waals surface area contributed by atoms with Crippen molar-refractivity contribution >= 4 is 27.4 Å². The van der Waals surface area contributed by atoms with Crippen LogP contribution in [0.4, 0.5) is 24.5 Å². The highest BCUT2D eigenvalue weighted by Crippen LogP contribution is 2.39. The fourth-order valence-electron chi connectivity index (χ4n) is 5.99. The van der Waals surface area contributed by atoms with E-state index in [0.717, 1.165) is 12.1 Å². The molecule has 14 nitrogen and oxygen atoms in total. The first-order valence-corrected chi connectivity index (χ1v) is 17.0. The van der Waals surface area contributed by atoms with Gasteiger partial charge in [0, 0.05) is 38.8 Å². The number of hydrogen-bond donors (Lipinski definition) is 1. The van der Waals surface area contributed by atoms with Gasteiger partial charge in [-0.1, -0.05) is 24.3 Å². The summed E-state index contributed by atoms with van der Waals surface area (Å²) in [6, 6.07) is 16.5. The lowest BCUT2D eigenvalue weighted by atomic mass is 10.0. The quantitative estimate of drug-likeness (QED) is 0.125. The molecule has 0 aliphatic carbocycles. The molecule has 1 fully saturated rings. The number of ether oxygens (including phenoxy) is 3. The number of piperazine rings is 1. The van der Waals surface area contributed by atoms with Crippen LogP contribution < -0.4 is 14.8 Å². The van der Waals surface area contributed by atoms with E-state index in [-0.39, 0.29) is 47.8 Å². The van der Waals surface area contributed by atoms with E-state index in [4.69, 9.17) is 14.6 Å². The van der Waals surface area contributed by atoms with Crippen LogP contribution in [0.1, 0.15) is 35.6 Å². The molecule has 6 rings (SSSR count). The number of nitro groups is 1. The summed E-state index contributed by atoms with van der Waals surface area (Å²) in [7, 11) is -4.14. The maximum absolute atomic E-state index is 13.4. The van der Waals surface area contributed by atoms with Gasteiger partial charge < -0.3 is 19.5 Å². The molecule has 2 aliphatic heterocycles. The molecule has 1 atom stereocenters. The standard InChI is InChI=1S/C32H31F3N6O8S/c1-2-47-31(42)30-29-28(37-40(30)21-11-13-22(14-12-21)48-25-8-4-5-9-26(25)49-32(33,34)35)24(15-16-36-29)38-17-19-39(20-18-38)50(45,46)27-10-6-3-7-23(27)41(43)44/h3-14,24,36H,2,15-20H2,1H3/t24-/m0/s1. The largest absolute Gasteiger partial charge is 0.573 e. The molecule has 3 heterocycles. The molecule has 1 aromatic heterocycles. The van der Waals surface area contributed by atoms with Gasteiger partial charge in [-0.3, -0.25) is 15.0 Å². The number of aromatic nitrogens is 2. The Morgan fingerprint density at radius 2 is 1.66 bits per heavy atom. The van der Waals surface area contributed by atoms with Crippen LogP contribution in [0, 0.1) is 10.1 Å². The summed E-state index contributed by atoms with van der Waals surface area (Å²) in [6.45, 7) is 3.02. The Hall–Kier alpha value is -5.20. The van der Waals surface area contributed by atoms with Gasteiger partial charge in [0.1, 0.15) is 11.4 Å². The summed E-state index contributed by atoms with van der Waals surface area (Å²) in [5.74, 6) is -1.09. The molecule has 0 bridgehead atoms. The second-order valence-corrected chi connectivity index (χ2v) is 13.1. The number of sulfonamides is 1. The molecular formula is C32H31F3N6O8S. The first-order valence-electron chi connectivity index (χ1n) is 15.5. The van der Waals surface area contributed by atoms with E-state index in [9.17, 15) is 36.5 Å². The van der Waals surface area contributed by atoms with Crippen molar-refractivity contribution in [2.75, 3.05) is 44.6 Å². The molecule has 0 spiro atoms. The third kappa shape index (κ3) is 7.08. The van der Waals surface area contributed by atoms with Crippen molar-refractivity contribution in [3.8, 4) is 22.9 Å². The van der Waals surface area contributed by atoms with E-state index in [1.165, 1.54) is 57.5 Å². The molecule has 0 amide bonds. The summed E-state index contributed by atoms with van der Waals surface area (Å²) in [6.07, 6.45) is -4.32. The van der Waals surface area contributed by atoms with Crippen LogP contribution >= 0.6 is 0 Å². The van der Waals surface area contributed by atoms with Crippen molar-refractivity contribution < 1.29 is 45.5 Å². The topological polar surface area (TPSA) is 158 Å². The van der Waals surface area contributed by atoms with Crippen LogP contribution in [-0.4, -0.2) is 84.0 Å². The number of nitro benzene ring substituents is 1. The molecule has 50 heavy (non-hydrogen) atoms. The minimum atomic E-state index is -4.91. The van der Waals surface area contributed by atoms with Crippen LogP contribution in [0.25, 0.3) is 5.69 Å². The number of halogens is 3. The summed E-state index contributed by atoms with van der Waals surface area (Å²) in [4.78, 5) is 25.8. The van der Waals surface area contributed by atoms with Gasteiger partial charge in [-0.05, 0) is 55.8 Å². The number of rotatable bonds is 10. The zero-order valence-corrected chi connectivity index (χ0v) is 27.3. The maximum atomic E-state index is 13.4. The fourth-order valence-corrected chi connectivity index (χ4v) is 7.57. The Bertz CT molecular complexity index is 2000. The summed E-state index contributed by atoms with van der Waals surface area (Å²) >= 11 is 0. The number of nitrogens with zero attached hydrogens (tertiary/aromatic N) is 5. The van der Waals surface area contributed by atoms with Crippen LogP contribution in [0.15, 0.2) is 77.7 Å². The van der Waals surface area contributed by atoms with Crippen molar-refractivity contribution in [2.45, 2.75) is 30.6 Å². The lowest BCUT2D eigenvalue weighted by Gasteiger charge is -2.39. The van der Waals surface area contributed by atoms with E-state index in [1.807, 2.05) is 0 Å². The number of anilines is 1. The third-order valence-electron chi connectivity index (χ3n) is 8.19. The van der Waals surface area contributed by atoms with Gasteiger partial charge in [-0.15, -0.1) is 13.2 Å². The number of fused-ring (bicyclic) bond motifs is 1. The maximum Gasteiger partial charge on any atom is 0.573 e. The molecule has 3 aromatic carbocycles. The predicted molar refractivity (Wildman–Crippen MR) is 172 cm³/mol.